The monoisotopic (exact) mass is 778 g/mol. The van der Waals surface area contributed by atoms with Crippen LogP contribution in [0, 0.1) is 0 Å². The van der Waals surface area contributed by atoms with Crippen molar-refractivity contribution in [3.05, 3.63) is 206 Å². The van der Waals surface area contributed by atoms with Gasteiger partial charge in [-0.05, 0) is 60.2 Å². The van der Waals surface area contributed by atoms with Gasteiger partial charge in [-0.25, -0.2) is 9.97 Å². The first-order chi connectivity index (χ1) is 30.3. The minimum Gasteiger partial charge on any atom is -0.455 e. The normalized spacial score (nSPS) is 11.9. The second-order valence-corrected chi connectivity index (χ2v) is 15.7. The second-order valence-electron chi connectivity index (χ2n) is 15.7. The minimum atomic E-state index is 0.682. The molecule has 0 saturated heterocycles. The van der Waals surface area contributed by atoms with Gasteiger partial charge in [-0.3, -0.25) is 0 Å². The van der Waals surface area contributed by atoms with Crippen molar-refractivity contribution in [2.75, 3.05) is 0 Å². The molecule has 0 N–H and O–H groups in total. The first-order valence-corrected chi connectivity index (χ1v) is 20.7. The Morgan fingerprint density at radius 3 is 1.72 bits per heavy atom. The maximum Gasteiger partial charge on any atom is 0.160 e. The molecular weight excluding hydrogens is 745 g/mol. The number of benzene rings is 9. The molecule has 0 saturated carbocycles. The number of nitrogens with zero attached hydrogens (tertiary/aromatic N) is 4. The Balaban J connectivity index is 1.21. The van der Waals surface area contributed by atoms with E-state index in [1.807, 2.05) is 12.1 Å². The minimum absolute atomic E-state index is 0.682. The van der Waals surface area contributed by atoms with Crippen molar-refractivity contribution in [3.8, 4) is 45.1 Å². The molecule has 0 atom stereocenters. The summed E-state index contributed by atoms with van der Waals surface area (Å²) in [5, 5.41) is 7.82. The third-order valence-corrected chi connectivity index (χ3v) is 12.3. The standard InChI is InChI=1S/C56H34N4O/c1-4-18-35(19-5-1)43-34-37(56-57-44-28-14-10-24-39(44)52(58-56)36-20-6-2-7-21-36)32-33-47(43)60-46-30-16-11-25-40(46)49-50-42-27-13-17-31-48(42)61-55(50)51-41-26-12-15-29-45(41)59(54(51)53(49)60)38-22-8-3-9-23-38/h1-34H. The Bertz CT molecular complexity index is 3860. The van der Waals surface area contributed by atoms with E-state index in [9.17, 15) is 0 Å². The SMILES string of the molecule is c1ccc(-c2cc(-c3nc(-c4ccccc4)c4ccccc4n3)ccc2-n2c3ccccc3c3c4c5ccccc5oc4c4c5ccccc5n(-c5ccccc5)c4c32)cc1. The molecule has 284 valence electrons. The highest BCUT2D eigenvalue weighted by Gasteiger charge is 2.28. The fourth-order valence-electron chi connectivity index (χ4n) is 9.72. The van der Waals surface area contributed by atoms with Crippen LogP contribution >= 0.6 is 0 Å². The van der Waals surface area contributed by atoms with Crippen molar-refractivity contribution < 1.29 is 4.42 Å². The van der Waals surface area contributed by atoms with E-state index in [4.69, 9.17) is 14.4 Å². The number of aromatic nitrogens is 4. The predicted molar refractivity (Wildman–Crippen MR) is 252 cm³/mol. The van der Waals surface area contributed by atoms with E-state index in [-0.39, 0.29) is 0 Å². The van der Waals surface area contributed by atoms with E-state index < -0.39 is 0 Å². The summed E-state index contributed by atoms with van der Waals surface area (Å²) >= 11 is 0. The second kappa shape index (κ2) is 13.1. The summed E-state index contributed by atoms with van der Waals surface area (Å²) in [6.07, 6.45) is 0. The summed E-state index contributed by atoms with van der Waals surface area (Å²) in [5.74, 6) is 0.682. The highest BCUT2D eigenvalue weighted by molar-refractivity contribution is 6.39. The molecule has 61 heavy (non-hydrogen) atoms. The van der Waals surface area contributed by atoms with Crippen molar-refractivity contribution in [3.63, 3.8) is 0 Å². The van der Waals surface area contributed by atoms with Gasteiger partial charge in [-0.1, -0.05) is 152 Å². The Kier molecular flexibility index (Phi) is 7.24. The molecule has 4 heterocycles. The zero-order valence-electron chi connectivity index (χ0n) is 32.8. The average molecular weight is 779 g/mol. The van der Waals surface area contributed by atoms with E-state index in [1.54, 1.807) is 0 Å². The summed E-state index contributed by atoms with van der Waals surface area (Å²) < 4.78 is 11.9. The maximum absolute atomic E-state index is 6.99. The topological polar surface area (TPSA) is 48.8 Å². The van der Waals surface area contributed by atoms with Crippen LogP contribution in [0.5, 0.6) is 0 Å². The molecule has 0 aliphatic carbocycles. The van der Waals surface area contributed by atoms with Crippen molar-refractivity contribution in [2.45, 2.75) is 0 Å². The quantitative estimate of drug-likeness (QED) is 0.175. The predicted octanol–water partition coefficient (Wildman–Crippen LogP) is 14.7. The molecule has 0 aliphatic heterocycles. The summed E-state index contributed by atoms with van der Waals surface area (Å²) in [5.41, 5.74) is 14.4. The van der Waals surface area contributed by atoms with Gasteiger partial charge in [-0.15, -0.1) is 0 Å². The van der Waals surface area contributed by atoms with E-state index in [0.717, 1.165) is 116 Å². The van der Waals surface area contributed by atoms with Crippen LogP contribution in [0.4, 0.5) is 0 Å². The lowest BCUT2D eigenvalue weighted by Gasteiger charge is -2.17. The highest BCUT2D eigenvalue weighted by Crippen LogP contribution is 2.50. The Hall–Kier alpha value is -8.28. The van der Waals surface area contributed by atoms with Crippen LogP contribution in [0.15, 0.2) is 211 Å². The Labute approximate surface area is 350 Å². The molecule has 5 nitrogen and oxygen atoms in total. The molecule has 5 heteroatoms. The molecule has 0 spiro atoms. The van der Waals surface area contributed by atoms with Gasteiger partial charge in [0.25, 0.3) is 0 Å². The van der Waals surface area contributed by atoms with Gasteiger partial charge in [0, 0.05) is 54.7 Å². The fraction of sp³-hybridized carbons (Fsp3) is 0. The number of hydrogen-bond acceptors (Lipinski definition) is 3. The number of para-hydroxylation sites is 5. The van der Waals surface area contributed by atoms with Gasteiger partial charge < -0.3 is 13.6 Å². The molecular formula is C56H34N4O. The van der Waals surface area contributed by atoms with Crippen molar-refractivity contribution >= 4 is 76.5 Å². The van der Waals surface area contributed by atoms with Crippen LogP contribution in [0.2, 0.25) is 0 Å². The summed E-state index contributed by atoms with van der Waals surface area (Å²) in [4.78, 5) is 10.5. The molecule has 0 amide bonds. The smallest absolute Gasteiger partial charge is 0.160 e. The molecule has 0 radical (unpaired) electrons. The summed E-state index contributed by atoms with van der Waals surface area (Å²) in [6.45, 7) is 0. The number of fused-ring (bicyclic) bond motifs is 13. The van der Waals surface area contributed by atoms with Crippen LogP contribution < -0.4 is 0 Å². The van der Waals surface area contributed by atoms with Crippen LogP contribution in [0.3, 0.4) is 0 Å². The van der Waals surface area contributed by atoms with Gasteiger partial charge >= 0.3 is 0 Å². The third-order valence-electron chi connectivity index (χ3n) is 12.3. The van der Waals surface area contributed by atoms with Crippen molar-refractivity contribution in [1.29, 1.82) is 0 Å². The molecule has 0 unspecified atom stereocenters. The zero-order chi connectivity index (χ0) is 40.0. The van der Waals surface area contributed by atoms with Gasteiger partial charge in [0.2, 0.25) is 0 Å². The van der Waals surface area contributed by atoms with Gasteiger partial charge in [0.15, 0.2) is 5.82 Å². The number of hydrogen-bond donors (Lipinski definition) is 0. The molecule has 4 aromatic heterocycles. The van der Waals surface area contributed by atoms with Gasteiger partial charge in [-0.2, -0.15) is 0 Å². The fourth-order valence-corrected chi connectivity index (χ4v) is 9.72. The van der Waals surface area contributed by atoms with Crippen LogP contribution in [-0.2, 0) is 0 Å². The molecule has 9 aromatic carbocycles. The molecule has 13 aromatic rings. The number of rotatable bonds is 5. The van der Waals surface area contributed by atoms with Crippen LogP contribution in [0.1, 0.15) is 0 Å². The molecule has 0 bridgehead atoms. The third kappa shape index (κ3) is 4.95. The first kappa shape index (κ1) is 33.7. The highest BCUT2D eigenvalue weighted by atomic mass is 16.3. The lowest BCUT2D eigenvalue weighted by atomic mass is 9.99. The van der Waals surface area contributed by atoms with Crippen molar-refractivity contribution in [2.24, 2.45) is 0 Å². The van der Waals surface area contributed by atoms with E-state index in [0.29, 0.717) is 5.82 Å². The lowest BCUT2D eigenvalue weighted by molar-refractivity contribution is 0.673. The first-order valence-electron chi connectivity index (χ1n) is 20.7. The van der Waals surface area contributed by atoms with Crippen LogP contribution in [0.25, 0.3) is 122 Å². The van der Waals surface area contributed by atoms with Gasteiger partial charge in [0.1, 0.15) is 11.2 Å². The summed E-state index contributed by atoms with van der Waals surface area (Å²) in [7, 11) is 0. The van der Waals surface area contributed by atoms with E-state index >= 15 is 0 Å². The average Bonchev–Trinajstić information content (AvgIpc) is 4.00. The number of furan rings is 1. The maximum atomic E-state index is 6.99. The van der Waals surface area contributed by atoms with Crippen LogP contribution in [-0.4, -0.2) is 19.1 Å². The van der Waals surface area contributed by atoms with E-state index in [2.05, 4.69) is 203 Å². The Morgan fingerprint density at radius 2 is 0.967 bits per heavy atom. The lowest BCUT2D eigenvalue weighted by Crippen LogP contribution is -2.01. The largest absolute Gasteiger partial charge is 0.455 e. The molecule has 0 fully saturated rings. The van der Waals surface area contributed by atoms with Crippen molar-refractivity contribution in [1.82, 2.24) is 19.1 Å². The zero-order valence-corrected chi connectivity index (χ0v) is 32.8. The van der Waals surface area contributed by atoms with Gasteiger partial charge in [0.05, 0.1) is 44.4 Å². The Morgan fingerprint density at radius 1 is 0.393 bits per heavy atom. The van der Waals surface area contributed by atoms with E-state index in [1.165, 1.54) is 0 Å². The summed E-state index contributed by atoms with van der Waals surface area (Å²) in [6, 6.07) is 72.9. The molecule has 0 aliphatic rings. The molecule has 13 rings (SSSR count).